The van der Waals surface area contributed by atoms with Crippen LogP contribution in [0.3, 0.4) is 0 Å². The molecule has 66 valence electrons. The fourth-order valence-corrected chi connectivity index (χ4v) is 1.35. The van der Waals surface area contributed by atoms with Crippen molar-refractivity contribution in [2.45, 2.75) is 33.6 Å². The molecule has 0 atom stereocenters. The van der Waals surface area contributed by atoms with Gasteiger partial charge in [-0.15, -0.1) is 0 Å². The monoisotopic (exact) mass is 165 g/mol. The summed E-state index contributed by atoms with van der Waals surface area (Å²) in [4.78, 5) is 14.0. The number of rotatable bonds is 1. The van der Waals surface area contributed by atoms with Gasteiger partial charge in [-0.05, 0) is 31.4 Å². The van der Waals surface area contributed by atoms with Crippen LogP contribution in [0.4, 0.5) is 0 Å². The molecular weight excluding hydrogens is 150 g/mol. The lowest BCUT2D eigenvalue weighted by molar-refractivity contribution is 0.835. The molecule has 0 fully saturated rings. The van der Waals surface area contributed by atoms with E-state index in [0.717, 1.165) is 11.3 Å². The highest BCUT2D eigenvalue weighted by Crippen LogP contribution is 2.16. The van der Waals surface area contributed by atoms with Gasteiger partial charge in [-0.1, -0.05) is 13.8 Å². The van der Waals surface area contributed by atoms with Gasteiger partial charge in [0, 0.05) is 11.3 Å². The van der Waals surface area contributed by atoms with E-state index in [2.05, 4.69) is 18.8 Å². The van der Waals surface area contributed by atoms with Gasteiger partial charge in [-0.25, -0.2) is 0 Å². The van der Waals surface area contributed by atoms with E-state index in [-0.39, 0.29) is 5.56 Å². The van der Waals surface area contributed by atoms with E-state index in [4.69, 9.17) is 0 Å². The quantitative estimate of drug-likeness (QED) is 0.679. The van der Waals surface area contributed by atoms with E-state index >= 15 is 0 Å². The molecule has 1 heterocycles. The Morgan fingerprint density at radius 1 is 1.33 bits per heavy atom. The number of aromatic amines is 1. The van der Waals surface area contributed by atoms with Crippen LogP contribution in [0.25, 0.3) is 0 Å². The Bertz CT molecular complexity index is 336. The van der Waals surface area contributed by atoms with Crippen molar-refractivity contribution in [3.63, 3.8) is 0 Å². The zero-order valence-corrected chi connectivity index (χ0v) is 8.06. The standard InChI is InChI=1S/C10H15NO/c1-6(2)9-5-7(3)10(12)11-8(9)4/h5-6H,1-4H3,(H,11,12). The van der Waals surface area contributed by atoms with E-state index in [1.54, 1.807) is 0 Å². The maximum absolute atomic E-state index is 11.2. The molecule has 12 heavy (non-hydrogen) atoms. The summed E-state index contributed by atoms with van der Waals surface area (Å²) >= 11 is 0. The third-order valence-electron chi connectivity index (χ3n) is 2.09. The molecule has 0 amide bonds. The molecule has 1 aromatic heterocycles. The molecule has 0 spiro atoms. The van der Waals surface area contributed by atoms with Crippen LogP contribution in [0.2, 0.25) is 0 Å². The molecule has 2 heteroatoms. The van der Waals surface area contributed by atoms with Gasteiger partial charge in [-0.2, -0.15) is 0 Å². The van der Waals surface area contributed by atoms with Crippen molar-refractivity contribution >= 4 is 0 Å². The van der Waals surface area contributed by atoms with Crippen molar-refractivity contribution in [3.8, 4) is 0 Å². The molecule has 1 N–H and O–H groups in total. The first-order valence-corrected chi connectivity index (χ1v) is 4.22. The summed E-state index contributed by atoms with van der Waals surface area (Å²) in [7, 11) is 0. The lowest BCUT2D eigenvalue weighted by Crippen LogP contribution is -2.13. The first-order chi connectivity index (χ1) is 5.52. The molecule has 0 bridgehead atoms. The van der Waals surface area contributed by atoms with Gasteiger partial charge in [-0.3, -0.25) is 4.79 Å². The summed E-state index contributed by atoms with van der Waals surface area (Å²) in [6.07, 6.45) is 0. The van der Waals surface area contributed by atoms with E-state index < -0.39 is 0 Å². The van der Waals surface area contributed by atoms with Crippen LogP contribution in [0.15, 0.2) is 10.9 Å². The fraction of sp³-hybridized carbons (Fsp3) is 0.500. The van der Waals surface area contributed by atoms with Crippen molar-refractivity contribution < 1.29 is 0 Å². The van der Waals surface area contributed by atoms with Crippen LogP contribution < -0.4 is 5.56 Å². The molecule has 0 unspecified atom stereocenters. The van der Waals surface area contributed by atoms with Gasteiger partial charge in [0.15, 0.2) is 0 Å². The molecule has 0 aromatic carbocycles. The van der Waals surface area contributed by atoms with Crippen LogP contribution in [0.1, 0.15) is 36.6 Å². The number of hydrogen-bond donors (Lipinski definition) is 1. The molecule has 0 saturated carbocycles. The zero-order chi connectivity index (χ0) is 9.30. The lowest BCUT2D eigenvalue weighted by Gasteiger charge is -2.09. The van der Waals surface area contributed by atoms with E-state index in [1.807, 2.05) is 19.9 Å². The summed E-state index contributed by atoms with van der Waals surface area (Å²) < 4.78 is 0. The third kappa shape index (κ3) is 1.58. The highest BCUT2D eigenvalue weighted by atomic mass is 16.1. The van der Waals surface area contributed by atoms with Crippen molar-refractivity contribution in [3.05, 3.63) is 33.2 Å². The number of hydrogen-bond acceptors (Lipinski definition) is 1. The van der Waals surface area contributed by atoms with Crippen LogP contribution >= 0.6 is 0 Å². The Balaban J connectivity index is 3.33. The first-order valence-electron chi connectivity index (χ1n) is 4.22. The maximum atomic E-state index is 11.2. The molecule has 1 rings (SSSR count). The smallest absolute Gasteiger partial charge is 0.251 e. The minimum Gasteiger partial charge on any atom is -0.326 e. The van der Waals surface area contributed by atoms with Gasteiger partial charge in [0.1, 0.15) is 0 Å². The zero-order valence-electron chi connectivity index (χ0n) is 8.06. The summed E-state index contributed by atoms with van der Waals surface area (Å²) in [5.41, 5.74) is 3.04. The Morgan fingerprint density at radius 3 is 2.42 bits per heavy atom. The van der Waals surface area contributed by atoms with E-state index in [9.17, 15) is 4.79 Å². The van der Waals surface area contributed by atoms with Gasteiger partial charge in [0.25, 0.3) is 5.56 Å². The molecular formula is C10H15NO. The van der Waals surface area contributed by atoms with Gasteiger partial charge >= 0.3 is 0 Å². The second-order valence-corrected chi connectivity index (χ2v) is 3.52. The largest absolute Gasteiger partial charge is 0.326 e. The van der Waals surface area contributed by atoms with Gasteiger partial charge in [0.05, 0.1) is 0 Å². The van der Waals surface area contributed by atoms with Crippen molar-refractivity contribution in [2.24, 2.45) is 0 Å². The van der Waals surface area contributed by atoms with E-state index in [0.29, 0.717) is 5.92 Å². The molecule has 0 saturated heterocycles. The van der Waals surface area contributed by atoms with Gasteiger partial charge in [0.2, 0.25) is 0 Å². The van der Waals surface area contributed by atoms with E-state index in [1.165, 1.54) is 5.56 Å². The maximum Gasteiger partial charge on any atom is 0.251 e. The Labute approximate surface area is 72.6 Å². The summed E-state index contributed by atoms with van der Waals surface area (Å²) in [5.74, 6) is 0.473. The normalized spacial score (nSPS) is 10.8. The molecule has 1 aromatic rings. The molecule has 0 radical (unpaired) electrons. The second-order valence-electron chi connectivity index (χ2n) is 3.52. The minimum atomic E-state index is 0.0249. The van der Waals surface area contributed by atoms with Gasteiger partial charge < -0.3 is 4.98 Å². The predicted molar refractivity (Wildman–Crippen MR) is 50.6 cm³/mol. The van der Waals surface area contributed by atoms with Crippen molar-refractivity contribution in [1.29, 1.82) is 0 Å². The topological polar surface area (TPSA) is 32.9 Å². The SMILES string of the molecule is Cc1[nH]c(=O)c(C)cc1C(C)C. The predicted octanol–water partition coefficient (Wildman–Crippen LogP) is 2.12. The minimum absolute atomic E-state index is 0.0249. The number of nitrogens with one attached hydrogen (secondary N) is 1. The Hall–Kier alpha value is -1.05. The van der Waals surface area contributed by atoms with Crippen molar-refractivity contribution in [2.75, 3.05) is 0 Å². The van der Waals surface area contributed by atoms with Crippen LogP contribution in [-0.2, 0) is 0 Å². The highest BCUT2D eigenvalue weighted by molar-refractivity contribution is 5.26. The first kappa shape index (κ1) is 9.04. The second kappa shape index (κ2) is 3.13. The average Bonchev–Trinajstić information content (AvgIpc) is 1.96. The van der Waals surface area contributed by atoms with Crippen LogP contribution in [0.5, 0.6) is 0 Å². The van der Waals surface area contributed by atoms with Crippen LogP contribution in [0, 0.1) is 13.8 Å². The molecule has 0 aliphatic heterocycles. The number of H-pyrrole nitrogens is 1. The highest BCUT2D eigenvalue weighted by Gasteiger charge is 2.05. The summed E-state index contributed by atoms with van der Waals surface area (Å²) in [6, 6.07) is 1.97. The Morgan fingerprint density at radius 2 is 1.92 bits per heavy atom. The van der Waals surface area contributed by atoms with Crippen LogP contribution in [-0.4, -0.2) is 4.98 Å². The fourth-order valence-electron chi connectivity index (χ4n) is 1.35. The number of aromatic nitrogens is 1. The molecule has 0 aliphatic carbocycles. The number of aryl methyl sites for hydroxylation is 2. The number of pyridine rings is 1. The molecule has 0 aliphatic rings. The lowest BCUT2D eigenvalue weighted by atomic mass is 10.0. The Kier molecular flexibility index (Phi) is 2.36. The van der Waals surface area contributed by atoms with Crippen molar-refractivity contribution in [1.82, 2.24) is 4.98 Å². The summed E-state index contributed by atoms with van der Waals surface area (Å²) in [5, 5.41) is 0. The average molecular weight is 165 g/mol. The summed E-state index contributed by atoms with van der Waals surface area (Å²) in [6.45, 7) is 8.03. The third-order valence-corrected chi connectivity index (χ3v) is 2.09. The molecule has 2 nitrogen and oxygen atoms in total.